The molecule has 2 rings (SSSR count). The van der Waals surface area contributed by atoms with Gasteiger partial charge in [0.25, 0.3) is 0 Å². The van der Waals surface area contributed by atoms with Gasteiger partial charge < -0.3 is 5.32 Å². The van der Waals surface area contributed by atoms with Gasteiger partial charge >= 0.3 is 0 Å². The van der Waals surface area contributed by atoms with Crippen LogP contribution in [0, 0.1) is 31.3 Å². The highest BCUT2D eigenvalue weighted by atomic mass is 19.2. The van der Waals surface area contributed by atoms with Gasteiger partial charge in [0.15, 0.2) is 17.5 Å². The van der Waals surface area contributed by atoms with Crippen LogP contribution < -0.4 is 5.32 Å². The van der Waals surface area contributed by atoms with Gasteiger partial charge in [0.05, 0.1) is 6.04 Å². The van der Waals surface area contributed by atoms with E-state index in [9.17, 15) is 13.2 Å². The van der Waals surface area contributed by atoms with E-state index in [-0.39, 0.29) is 6.04 Å². The zero-order valence-electron chi connectivity index (χ0n) is 12.3. The molecule has 0 fully saturated rings. The zero-order valence-corrected chi connectivity index (χ0v) is 12.3. The second kappa shape index (κ2) is 6.31. The summed E-state index contributed by atoms with van der Waals surface area (Å²) in [6.45, 7) is 6.46. The van der Waals surface area contributed by atoms with Gasteiger partial charge in [-0.05, 0) is 49.2 Å². The Bertz CT molecular complexity index is 629. The van der Waals surface area contributed by atoms with Crippen molar-refractivity contribution in [3.05, 3.63) is 70.0 Å². The van der Waals surface area contributed by atoms with Crippen molar-refractivity contribution in [1.29, 1.82) is 0 Å². The molecule has 0 spiro atoms. The molecular weight excluding hydrogens is 275 g/mol. The van der Waals surface area contributed by atoms with Crippen LogP contribution in [0.15, 0.2) is 30.3 Å². The minimum Gasteiger partial charge on any atom is -0.307 e. The Hall–Kier alpha value is -1.81. The number of nitrogens with one attached hydrogen (secondary N) is 1. The third kappa shape index (κ3) is 3.27. The average Bonchev–Trinajstić information content (AvgIpc) is 2.42. The lowest BCUT2D eigenvalue weighted by Gasteiger charge is -2.21. The maximum atomic E-state index is 13.5. The molecule has 112 valence electrons. The Morgan fingerprint density at radius 3 is 2.14 bits per heavy atom. The summed E-state index contributed by atoms with van der Waals surface area (Å²) in [5.41, 5.74) is 3.43. The average molecular weight is 293 g/mol. The first kappa shape index (κ1) is 15.6. The fraction of sp³-hybridized carbons (Fsp3) is 0.294. The zero-order chi connectivity index (χ0) is 15.6. The van der Waals surface area contributed by atoms with E-state index in [0.29, 0.717) is 12.1 Å². The number of benzene rings is 2. The number of halogens is 3. The topological polar surface area (TPSA) is 12.0 Å². The van der Waals surface area contributed by atoms with E-state index in [4.69, 9.17) is 0 Å². The summed E-state index contributed by atoms with van der Waals surface area (Å²) in [6.07, 6.45) is 0. The van der Waals surface area contributed by atoms with Gasteiger partial charge in [-0.2, -0.15) is 0 Å². The van der Waals surface area contributed by atoms with Crippen molar-refractivity contribution in [2.24, 2.45) is 0 Å². The summed E-state index contributed by atoms with van der Waals surface area (Å²) in [6, 6.07) is 7.60. The predicted octanol–water partition coefficient (Wildman–Crippen LogP) is 4.42. The van der Waals surface area contributed by atoms with Gasteiger partial charge in [-0.3, -0.25) is 0 Å². The van der Waals surface area contributed by atoms with Crippen LogP contribution in [0.25, 0.3) is 0 Å². The summed E-state index contributed by atoms with van der Waals surface area (Å²) in [4.78, 5) is 0. The molecular formula is C17H18F3N. The highest BCUT2D eigenvalue weighted by Gasteiger charge is 2.19. The standard InChI is InChI=1S/C17H18F3N/c1-4-21-17(13-6-5-10(2)7-11(13)3)12-8-14(18)16(20)15(19)9-12/h5-9,17,21H,4H2,1-3H3. The summed E-state index contributed by atoms with van der Waals surface area (Å²) < 4.78 is 40.1. The van der Waals surface area contributed by atoms with Gasteiger partial charge in [0, 0.05) is 0 Å². The highest BCUT2D eigenvalue weighted by Crippen LogP contribution is 2.27. The van der Waals surface area contributed by atoms with E-state index in [2.05, 4.69) is 5.32 Å². The van der Waals surface area contributed by atoms with Crippen LogP contribution in [-0.2, 0) is 0 Å². The van der Waals surface area contributed by atoms with E-state index in [1.54, 1.807) is 0 Å². The van der Waals surface area contributed by atoms with Crippen molar-refractivity contribution in [2.45, 2.75) is 26.8 Å². The Morgan fingerprint density at radius 2 is 1.62 bits per heavy atom. The monoisotopic (exact) mass is 293 g/mol. The summed E-state index contributed by atoms with van der Waals surface area (Å²) in [5, 5.41) is 3.19. The van der Waals surface area contributed by atoms with Crippen LogP contribution in [0.3, 0.4) is 0 Å². The van der Waals surface area contributed by atoms with Crippen molar-refractivity contribution < 1.29 is 13.2 Å². The molecule has 0 aliphatic rings. The molecule has 21 heavy (non-hydrogen) atoms. The molecule has 0 saturated carbocycles. The first-order chi connectivity index (χ1) is 9.93. The first-order valence-corrected chi connectivity index (χ1v) is 6.89. The summed E-state index contributed by atoms with van der Waals surface area (Å²) >= 11 is 0. The van der Waals surface area contributed by atoms with Crippen molar-refractivity contribution in [3.63, 3.8) is 0 Å². The molecule has 0 saturated heterocycles. The summed E-state index contributed by atoms with van der Waals surface area (Å²) in [5.74, 6) is -3.77. The number of aryl methyl sites for hydroxylation is 2. The van der Waals surface area contributed by atoms with E-state index >= 15 is 0 Å². The largest absolute Gasteiger partial charge is 0.307 e. The molecule has 0 bridgehead atoms. The third-order valence-corrected chi connectivity index (χ3v) is 3.48. The molecule has 0 heterocycles. The molecule has 0 radical (unpaired) electrons. The van der Waals surface area contributed by atoms with E-state index in [1.807, 2.05) is 39.0 Å². The maximum Gasteiger partial charge on any atom is 0.194 e. The Balaban J connectivity index is 2.53. The fourth-order valence-corrected chi connectivity index (χ4v) is 2.50. The van der Waals surface area contributed by atoms with Crippen LogP contribution in [0.4, 0.5) is 13.2 Å². The van der Waals surface area contributed by atoms with Crippen molar-refractivity contribution in [1.82, 2.24) is 5.32 Å². The van der Waals surface area contributed by atoms with Crippen molar-refractivity contribution in [2.75, 3.05) is 6.54 Å². The fourth-order valence-electron chi connectivity index (χ4n) is 2.50. The van der Waals surface area contributed by atoms with E-state index in [0.717, 1.165) is 28.8 Å². The molecule has 0 aliphatic carbocycles. The third-order valence-electron chi connectivity index (χ3n) is 3.48. The molecule has 2 aromatic rings. The van der Waals surface area contributed by atoms with Gasteiger partial charge in [-0.25, -0.2) is 13.2 Å². The second-order valence-electron chi connectivity index (χ2n) is 5.15. The normalized spacial score (nSPS) is 12.5. The maximum absolute atomic E-state index is 13.5. The lowest BCUT2D eigenvalue weighted by atomic mass is 9.93. The number of rotatable bonds is 4. The van der Waals surface area contributed by atoms with Crippen LogP contribution in [0.5, 0.6) is 0 Å². The Kier molecular flexibility index (Phi) is 4.68. The van der Waals surface area contributed by atoms with Gasteiger partial charge in [-0.1, -0.05) is 30.7 Å². The van der Waals surface area contributed by atoms with Crippen LogP contribution >= 0.6 is 0 Å². The van der Waals surface area contributed by atoms with Gasteiger partial charge in [-0.15, -0.1) is 0 Å². The van der Waals surface area contributed by atoms with Crippen molar-refractivity contribution >= 4 is 0 Å². The SMILES string of the molecule is CCNC(c1cc(F)c(F)c(F)c1)c1ccc(C)cc1C. The molecule has 0 aromatic heterocycles. The molecule has 0 aliphatic heterocycles. The van der Waals surface area contributed by atoms with Crippen molar-refractivity contribution in [3.8, 4) is 0 Å². The van der Waals surface area contributed by atoms with Crippen LogP contribution in [0.2, 0.25) is 0 Å². The first-order valence-electron chi connectivity index (χ1n) is 6.89. The molecule has 1 unspecified atom stereocenters. The molecule has 1 atom stereocenters. The molecule has 2 aromatic carbocycles. The van der Waals surface area contributed by atoms with Crippen LogP contribution in [0.1, 0.15) is 35.2 Å². The van der Waals surface area contributed by atoms with Crippen LogP contribution in [-0.4, -0.2) is 6.54 Å². The van der Waals surface area contributed by atoms with Gasteiger partial charge in [0.1, 0.15) is 0 Å². The molecule has 1 N–H and O–H groups in total. The van der Waals surface area contributed by atoms with E-state index in [1.165, 1.54) is 0 Å². The lowest BCUT2D eigenvalue weighted by Crippen LogP contribution is -2.23. The van der Waals surface area contributed by atoms with Gasteiger partial charge in [0.2, 0.25) is 0 Å². The summed E-state index contributed by atoms with van der Waals surface area (Å²) in [7, 11) is 0. The molecule has 0 amide bonds. The number of hydrogen-bond donors (Lipinski definition) is 1. The second-order valence-corrected chi connectivity index (χ2v) is 5.15. The minimum absolute atomic E-state index is 0.375. The predicted molar refractivity (Wildman–Crippen MR) is 77.8 cm³/mol. The highest BCUT2D eigenvalue weighted by molar-refractivity contribution is 5.39. The quantitative estimate of drug-likeness (QED) is 0.823. The minimum atomic E-state index is -1.44. The molecule has 1 nitrogen and oxygen atoms in total. The number of hydrogen-bond acceptors (Lipinski definition) is 1. The Labute approximate surface area is 122 Å². The lowest BCUT2D eigenvalue weighted by molar-refractivity contribution is 0.442. The molecule has 4 heteroatoms. The van der Waals surface area contributed by atoms with E-state index < -0.39 is 17.5 Å². The Morgan fingerprint density at radius 1 is 1.00 bits per heavy atom. The smallest absolute Gasteiger partial charge is 0.194 e.